The molecule has 3 aromatic rings. The van der Waals surface area contributed by atoms with E-state index in [1.165, 1.54) is 0 Å². The lowest BCUT2D eigenvalue weighted by Crippen LogP contribution is -2.11. The topological polar surface area (TPSA) is 61.4 Å². The molecule has 0 fully saturated rings. The lowest BCUT2D eigenvalue weighted by Gasteiger charge is -2.08. The zero-order chi connectivity index (χ0) is 18.8. The van der Waals surface area contributed by atoms with Gasteiger partial charge < -0.3 is 9.14 Å². The van der Waals surface area contributed by atoms with Crippen LogP contribution in [-0.2, 0) is 29.1 Å². The number of nitrogens with zero attached hydrogens (tertiary/aromatic N) is 4. The van der Waals surface area contributed by atoms with Crippen LogP contribution in [0.4, 0.5) is 0 Å². The fraction of sp³-hybridized carbons (Fsp3) is 0.450. The molecule has 0 aromatic carbocycles. The van der Waals surface area contributed by atoms with Crippen LogP contribution in [0.25, 0.3) is 5.65 Å². The van der Waals surface area contributed by atoms with E-state index in [1.54, 1.807) is 0 Å². The van der Waals surface area contributed by atoms with Gasteiger partial charge in [0.1, 0.15) is 12.3 Å². The van der Waals surface area contributed by atoms with E-state index in [0.717, 1.165) is 40.4 Å². The molecule has 0 aliphatic rings. The van der Waals surface area contributed by atoms with Crippen molar-refractivity contribution in [3.8, 4) is 0 Å². The fourth-order valence-corrected chi connectivity index (χ4v) is 3.14. The van der Waals surface area contributed by atoms with Crippen molar-refractivity contribution in [3.05, 3.63) is 52.7 Å². The molecule has 0 amide bonds. The summed E-state index contributed by atoms with van der Waals surface area (Å²) in [5.74, 6) is 0.250. The number of aryl methyl sites for hydroxylation is 2. The molecule has 0 atom stereocenters. The summed E-state index contributed by atoms with van der Waals surface area (Å²) in [6.45, 7) is 11.3. The summed E-state index contributed by atoms with van der Waals surface area (Å²) >= 11 is 0. The minimum atomic E-state index is -0.255. The summed E-state index contributed by atoms with van der Waals surface area (Å²) in [4.78, 5) is 16.8. The average Bonchev–Trinajstić information content (AvgIpc) is 3.10. The first-order chi connectivity index (χ1) is 12.3. The Balaban J connectivity index is 1.65. The number of hydrogen-bond donors (Lipinski definition) is 0. The summed E-state index contributed by atoms with van der Waals surface area (Å²) in [6.07, 6.45) is 4.07. The molecule has 0 spiro atoms. The van der Waals surface area contributed by atoms with E-state index in [1.807, 2.05) is 54.4 Å². The maximum absolute atomic E-state index is 12.3. The van der Waals surface area contributed by atoms with E-state index in [2.05, 4.69) is 23.9 Å². The predicted molar refractivity (Wildman–Crippen MR) is 100.0 cm³/mol. The van der Waals surface area contributed by atoms with Crippen LogP contribution >= 0.6 is 0 Å². The molecule has 0 aliphatic carbocycles. The maximum Gasteiger partial charge on any atom is 0.310 e. The zero-order valence-corrected chi connectivity index (χ0v) is 16.1. The zero-order valence-electron chi connectivity index (χ0n) is 16.1. The molecule has 26 heavy (non-hydrogen) atoms. The number of pyridine rings is 1. The summed E-state index contributed by atoms with van der Waals surface area (Å²) in [5.41, 5.74) is 5.62. The number of ether oxygens (including phenoxy) is 1. The monoisotopic (exact) mass is 354 g/mol. The second-order valence-corrected chi connectivity index (χ2v) is 7.22. The third-order valence-corrected chi connectivity index (χ3v) is 4.50. The van der Waals surface area contributed by atoms with Crippen molar-refractivity contribution >= 4 is 11.6 Å². The van der Waals surface area contributed by atoms with Gasteiger partial charge in [-0.1, -0.05) is 19.9 Å². The van der Waals surface area contributed by atoms with Crippen molar-refractivity contribution in [2.24, 2.45) is 5.92 Å². The van der Waals surface area contributed by atoms with Gasteiger partial charge in [-0.25, -0.2) is 4.98 Å². The van der Waals surface area contributed by atoms with Crippen LogP contribution in [-0.4, -0.2) is 25.1 Å². The third-order valence-electron chi connectivity index (χ3n) is 4.50. The van der Waals surface area contributed by atoms with Crippen molar-refractivity contribution < 1.29 is 9.53 Å². The largest absolute Gasteiger partial charge is 0.459 e. The van der Waals surface area contributed by atoms with Crippen LogP contribution in [0, 0.1) is 26.7 Å². The minimum Gasteiger partial charge on any atom is -0.459 e. The Labute approximate surface area is 153 Å². The van der Waals surface area contributed by atoms with E-state index in [0.29, 0.717) is 5.92 Å². The Hall–Kier alpha value is -2.63. The van der Waals surface area contributed by atoms with Crippen molar-refractivity contribution in [3.63, 3.8) is 0 Å². The number of carbonyl (C=O) groups excluding carboxylic acids is 1. The highest BCUT2D eigenvalue weighted by Gasteiger charge is 2.17. The number of esters is 1. The number of fused-ring (bicyclic) bond motifs is 1. The van der Waals surface area contributed by atoms with Crippen molar-refractivity contribution in [1.82, 2.24) is 19.2 Å². The van der Waals surface area contributed by atoms with Crippen molar-refractivity contribution in [2.45, 2.75) is 54.2 Å². The van der Waals surface area contributed by atoms with Crippen LogP contribution in [0.5, 0.6) is 0 Å². The number of imidazole rings is 1. The predicted octanol–water partition coefficient (Wildman–Crippen LogP) is 3.40. The van der Waals surface area contributed by atoms with E-state index in [9.17, 15) is 4.79 Å². The molecular weight excluding hydrogens is 328 g/mol. The second-order valence-electron chi connectivity index (χ2n) is 7.22. The number of rotatable bonds is 6. The first-order valence-corrected chi connectivity index (χ1v) is 8.97. The molecule has 0 saturated carbocycles. The molecule has 3 heterocycles. The van der Waals surface area contributed by atoms with Crippen LogP contribution in [0.15, 0.2) is 24.5 Å². The Kier molecular flexibility index (Phi) is 5.11. The van der Waals surface area contributed by atoms with Crippen molar-refractivity contribution in [1.29, 1.82) is 0 Å². The molecule has 0 unspecified atom stereocenters. The molecule has 6 nitrogen and oxygen atoms in total. The molecule has 0 bridgehead atoms. The van der Waals surface area contributed by atoms with Gasteiger partial charge in [-0.05, 0) is 38.3 Å². The number of aromatic nitrogens is 4. The number of carbonyl (C=O) groups is 1. The molecular formula is C20H26N4O2. The normalized spacial score (nSPS) is 11.5. The van der Waals surface area contributed by atoms with Gasteiger partial charge in [0.25, 0.3) is 0 Å². The standard InChI is InChI=1S/C20H26N4O2/c1-13(2)10-24-16(5)18(15(4)22-24)9-19(25)26-12-17-11-23-8-6-7-14(3)20(23)21-17/h6-8,11,13H,9-10,12H2,1-5H3. The third kappa shape index (κ3) is 3.79. The highest BCUT2D eigenvalue weighted by atomic mass is 16.5. The smallest absolute Gasteiger partial charge is 0.310 e. The summed E-state index contributed by atoms with van der Waals surface area (Å²) in [6, 6.07) is 3.98. The summed E-state index contributed by atoms with van der Waals surface area (Å²) < 4.78 is 9.38. The Morgan fingerprint density at radius 1 is 1.27 bits per heavy atom. The molecule has 3 aromatic heterocycles. The van der Waals surface area contributed by atoms with Gasteiger partial charge in [-0.15, -0.1) is 0 Å². The average molecular weight is 354 g/mol. The van der Waals surface area contributed by atoms with E-state index < -0.39 is 0 Å². The second kappa shape index (κ2) is 7.32. The van der Waals surface area contributed by atoms with Gasteiger partial charge in [-0.2, -0.15) is 5.10 Å². The van der Waals surface area contributed by atoms with Gasteiger partial charge in [0, 0.05) is 30.2 Å². The first kappa shape index (κ1) is 18.2. The van der Waals surface area contributed by atoms with Crippen LogP contribution < -0.4 is 0 Å². The summed E-state index contributed by atoms with van der Waals surface area (Å²) in [5, 5.41) is 4.55. The molecule has 0 aliphatic heterocycles. The van der Waals surface area contributed by atoms with E-state index in [4.69, 9.17) is 4.74 Å². The molecule has 0 saturated heterocycles. The lowest BCUT2D eigenvalue weighted by molar-refractivity contribution is -0.144. The highest BCUT2D eigenvalue weighted by Crippen LogP contribution is 2.16. The van der Waals surface area contributed by atoms with Crippen LogP contribution in [0.1, 0.15) is 42.1 Å². The Bertz CT molecular complexity index is 937. The van der Waals surface area contributed by atoms with Gasteiger partial charge >= 0.3 is 5.97 Å². The molecule has 0 N–H and O–H groups in total. The first-order valence-electron chi connectivity index (χ1n) is 8.97. The number of hydrogen-bond acceptors (Lipinski definition) is 4. The van der Waals surface area contributed by atoms with Gasteiger partial charge in [0.05, 0.1) is 17.8 Å². The van der Waals surface area contributed by atoms with Crippen LogP contribution in [0.3, 0.4) is 0 Å². The Morgan fingerprint density at radius 3 is 2.73 bits per heavy atom. The maximum atomic E-state index is 12.3. The van der Waals surface area contributed by atoms with Crippen LogP contribution in [0.2, 0.25) is 0 Å². The molecule has 0 radical (unpaired) electrons. The van der Waals surface area contributed by atoms with Crippen molar-refractivity contribution in [2.75, 3.05) is 0 Å². The van der Waals surface area contributed by atoms with Gasteiger partial charge in [0.15, 0.2) is 0 Å². The fourth-order valence-electron chi connectivity index (χ4n) is 3.14. The molecule has 3 rings (SSSR count). The quantitative estimate of drug-likeness (QED) is 0.637. The van der Waals surface area contributed by atoms with Gasteiger partial charge in [0.2, 0.25) is 0 Å². The molecule has 6 heteroatoms. The molecule has 138 valence electrons. The minimum absolute atomic E-state index is 0.179. The Morgan fingerprint density at radius 2 is 2.04 bits per heavy atom. The SMILES string of the molecule is Cc1nn(CC(C)C)c(C)c1CC(=O)OCc1cn2cccc(C)c2n1. The highest BCUT2D eigenvalue weighted by molar-refractivity contribution is 5.73. The van der Waals surface area contributed by atoms with Gasteiger partial charge in [-0.3, -0.25) is 9.48 Å². The summed E-state index contributed by atoms with van der Waals surface area (Å²) in [7, 11) is 0. The van der Waals surface area contributed by atoms with E-state index >= 15 is 0 Å². The van der Waals surface area contributed by atoms with E-state index in [-0.39, 0.29) is 19.0 Å². The lowest BCUT2D eigenvalue weighted by atomic mass is 10.1.